The summed E-state index contributed by atoms with van der Waals surface area (Å²) in [6.45, 7) is 10.5. The van der Waals surface area contributed by atoms with Gasteiger partial charge in [-0.1, -0.05) is 30.3 Å². The molecule has 1 aliphatic carbocycles. The van der Waals surface area contributed by atoms with Crippen molar-refractivity contribution in [2.45, 2.75) is 58.2 Å². The molecule has 1 saturated heterocycles. The summed E-state index contributed by atoms with van der Waals surface area (Å²) in [5.74, 6) is 0.467. The zero-order valence-corrected chi connectivity index (χ0v) is 17.1. The topological polar surface area (TPSA) is 53.0 Å². The van der Waals surface area contributed by atoms with Crippen molar-refractivity contribution in [3.8, 4) is 0 Å². The molecule has 0 spiro atoms. The minimum absolute atomic E-state index is 0.162. The Hall–Kier alpha value is -1.59. The number of amides is 1. The number of carbonyl (C=O) groups is 1. The first-order valence-corrected chi connectivity index (χ1v) is 10.2. The Morgan fingerprint density at radius 3 is 2.41 bits per heavy atom. The molecule has 2 aliphatic rings. The number of hydrogen-bond donors (Lipinski definition) is 1. The Kier molecular flexibility index (Phi) is 6.11. The SMILES string of the molecule is C[C@@H](c1ccccc1)N1C[C@@H](CO)[C@@H](CN(C(=O)OC(C)(C)C)C2CC2)C1. The lowest BCUT2D eigenvalue weighted by molar-refractivity contribution is 0.0183. The summed E-state index contributed by atoms with van der Waals surface area (Å²) in [5.41, 5.74) is 0.811. The Labute approximate surface area is 163 Å². The number of rotatable bonds is 6. The fraction of sp³-hybridized carbons (Fsp3) is 0.682. The average molecular weight is 375 g/mol. The van der Waals surface area contributed by atoms with E-state index in [4.69, 9.17) is 4.74 Å². The Bertz CT molecular complexity index is 624. The second kappa shape index (κ2) is 8.19. The number of ether oxygens (including phenoxy) is 1. The number of likely N-dealkylation sites (tertiary alicyclic amines) is 1. The molecule has 3 atom stereocenters. The number of aliphatic hydroxyl groups excluding tert-OH is 1. The third-order valence-corrected chi connectivity index (χ3v) is 5.72. The van der Waals surface area contributed by atoms with Gasteiger partial charge < -0.3 is 14.7 Å². The molecule has 1 amide bonds. The third kappa shape index (κ3) is 5.23. The normalized spacial score (nSPS) is 24.6. The monoisotopic (exact) mass is 374 g/mol. The van der Waals surface area contributed by atoms with Gasteiger partial charge in [-0.25, -0.2) is 4.79 Å². The van der Waals surface area contributed by atoms with Crippen molar-refractivity contribution >= 4 is 6.09 Å². The highest BCUT2D eigenvalue weighted by Crippen LogP contribution is 2.35. The van der Waals surface area contributed by atoms with E-state index in [0.29, 0.717) is 18.6 Å². The van der Waals surface area contributed by atoms with E-state index in [1.165, 1.54) is 5.56 Å². The van der Waals surface area contributed by atoms with Crippen molar-refractivity contribution in [3.63, 3.8) is 0 Å². The van der Waals surface area contributed by atoms with Crippen LogP contribution in [0.1, 0.15) is 52.1 Å². The van der Waals surface area contributed by atoms with Crippen LogP contribution in [0, 0.1) is 11.8 Å². The Morgan fingerprint density at radius 1 is 1.22 bits per heavy atom. The summed E-state index contributed by atoms with van der Waals surface area (Å²) in [7, 11) is 0. The second-order valence-corrected chi connectivity index (χ2v) is 9.11. The highest BCUT2D eigenvalue weighted by molar-refractivity contribution is 5.69. The number of hydrogen-bond acceptors (Lipinski definition) is 4. The molecule has 2 fully saturated rings. The van der Waals surface area contributed by atoms with Gasteiger partial charge in [0.25, 0.3) is 0 Å². The summed E-state index contributed by atoms with van der Waals surface area (Å²) in [4.78, 5) is 17.0. The van der Waals surface area contributed by atoms with Crippen molar-refractivity contribution in [1.29, 1.82) is 0 Å². The fourth-order valence-corrected chi connectivity index (χ4v) is 3.98. The quantitative estimate of drug-likeness (QED) is 0.825. The number of benzene rings is 1. The van der Waals surface area contributed by atoms with Gasteiger partial charge in [0.15, 0.2) is 0 Å². The van der Waals surface area contributed by atoms with Crippen LogP contribution in [0.5, 0.6) is 0 Å². The van der Waals surface area contributed by atoms with E-state index in [0.717, 1.165) is 25.9 Å². The standard InChI is InChI=1S/C22H34N2O3/c1-16(17-8-6-5-7-9-17)23-12-18(19(13-23)15-25)14-24(20-10-11-20)21(26)27-22(2,3)4/h5-9,16,18-20,25H,10-15H2,1-4H3/t16-,18+,19-/m0/s1. The number of nitrogens with zero attached hydrogens (tertiary/aromatic N) is 2. The predicted octanol–water partition coefficient (Wildman–Crippen LogP) is 3.69. The van der Waals surface area contributed by atoms with Crippen molar-refractivity contribution in [1.82, 2.24) is 9.80 Å². The molecule has 150 valence electrons. The van der Waals surface area contributed by atoms with Crippen LogP contribution in [0.4, 0.5) is 4.79 Å². The van der Waals surface area contributed by atoms with E-state index in [2.05, 4.69) is 36.1 Å². The Morgan fingerprint density at radius 2 is 1.85 bits per heavy atom. The van der Waals surface area contributed by atoms with Crippen LogP contribution in [-0.4, -0.2) is 58.9 Å². The van der Waals surface area contributed by atoms with Gasteiger partial charge in [0, 0.05) is 44.2 Å². The van der Waals surface area contributed by atoms with Gasteiger partial charge in [-0.05, 0) is 52.0 Å². The van der Waals surface area contributed by atoms with Gasteiger partial charge in [-0.15, -0.1) is 0 Å². The molecule has 5 heteroatoms. The van der Waals surface area contributed by atoms with Crippen molar-refractivity contribution < 1.29 is 14.6 Å². The number of carbonyl (C=O) groups excluding carboxylic acids is 1. The van der Waals surface area contributed by atoms with E-state index in [1.54, 1.807) is 0 Å². The van der Waals surface area contributed by atoms with Crippen LogP contribution in [0.3, 0.4) is 0 Å². The molecule has 1 N–H and O–H groups in total. The molecular weight excluding hydrogens is 340 g/mol. The lowest BCUT2D eigenvalue weighted by Crippen LogP contribution is -2.42. The van der Waals surface area contributed by atoms with E-state index in [1.807, 2.05) is 31.7 Å². The molecule has 0 unspecified atom stereocenters. The minimum Gasteiger partial charge on any atom is -0.444 e. The van der Waals surface area contributed by atoms with E-state index >= 15 is 0 Å². The van der Waals surface area contributed by atoms with Gasteiger partial charge in [-0.3, -0.25) is 4.90 Å². The van der Waals surface area contributed by atoms with E-state index < -0.39 is 5.60 Å². The molecular formula is C22H34N2O3. The summed E-state index contributed by atoms with van der Waals surface area (Å²) < 4.78 is 5.63. The maximum absolute atomic E-state index is 12.7. The van der Waals surface area contributed by atoms with Crippen LogP contribution in [0.25, 0.3) is 0 Å². The maximum atomic E-state index is 12.7. The highest BCUT2D eigenvalue weighted by Gasteiger charge is 2.41. The zero-order chi connectivity index (χ0) is 19.6. The van der Waals surface area contributed by atoms with Crippen LogP contribution in [0.15, 0.2) is 30.3 Å². The van der Waals surface area contributed by atoms with Crippen LogP contribution < -0.4 is 0 Å². The first kappa shape index (κ1) is 20.2. The maximum Gasteiger partial charge on any atom is 0.410 e. The highest BCUT2D eigenvalue weighted by atomic mass is 16.6. The summed E-state index contributed by atoms with van der Waals surface area (Å²) in [6.07, 6.45) is 1.90. The van der Waals surface area contributed by atoms with Gasteiger partial charge in [0.1, 0.15) is 5.60 Å². The largest absolute Gasteiger partial charge is 0.444 e. The van der Waals surface area contributed by atoms with Crippen molar-refractivity contribution in [2.24, 2.45) is 11.8 Å². The molecule has 1 aliphatic heterocycles. The van der Waals surface area contributed by atoms with Crippen molar-refractivity contribution in [2.75, 3.05) is 26.2 Å². The fourth-order valence-electron chi connectivity index (χ4n) is 3.98. The molecule has 1 heterocycles. The molecule has 0 bridgehead atoms. The lowest BCUT2D eigenvalue weighted by Gasteiger charge is -2.30. The summed E-state index contributed by atoms with van der Waals surface area (Å²) in [6, 6.07) is 11.1. The minimum atomic E-state index is -0.482. The van der Waals surface area contributed by atoms with Crippen molar-refractivity contribution in [3.05, 3.63) is 35.9 Å². The molecule has 0 aromatic heterocycles. The lowest BCUT2D eigenvalue weighted by atomic mass is 9.96. The first-order chi connectivity index (χ1) is 12.8. The smallest absolute Gasteiger partial charge is 0.410 e. The predicted molar refractivity (Wildman–Crippen MR) is 106 cm³/mol. The van der Waals surface area contributed by atoms with Gasteiger partial charge in [-0.2, -0.15) is 0 Å². The van der Waals surface area contributed by atoms with Gasteiger partial charge >= 0.3 is 6.09 Å². The number of aliphatic hydroxyl groups is 1. The van der Waals surface area contributed by atoms with Gasteiger partial charge in [0.2, 0.25) is 0 Å². The molecule has 1 saturated carbocycles. The third-order valence-electron chi connectivity index (χ3n) is 5.72. The van der Waals surface area contributed by atoms with Gasteiger partial charge in [0.05, 0.1) is 0 Å². The van der Waals surface area contributed by atoms with Crippen LogP contribution >= 0.6 is 0 Å². The zero-order valence-electron chi connectivity index (χ0n) is 17.1. The molecule has 27 heavy (non-hydrogen) atoms. The second-order valence-electron chi connectivity index (χ2n) is 9.11. The molecule has 5 nitrogen and oxygen atoms in total. The summed E-state index contributed by atoms with van der Waals surface area (Å²) in [5, 5.41) is 9.94. The molecule has 3 rings (SSSR count). The Balaban J connectivity index is 1.66. The van der Waals surface area contributed by atoms with Crippen LogP contribution in [-0.2, 0) is 4.74 Å². The summed E-state index contributed by atoms with van der Waals surface area (Å²) >= 11 is 0. The van der Waals surface area contributed by atoms with E-state index in [9.17, 15) is 9.90 Å². The average Bonchev–Trinajstić information content (AvgIpc) is 3.37. The molecule has 1 aromatic carbocycles. The first-order valence-electron chi connectivity index (χ1n) is 10.2. The van der Waals surface area contributed by atoms with Crippen LogP contribution in [0.2, 0.25) is 0 Å². The molecule has 1 aromatic rings. The van der Waals surface area contributed by atoms with E-state index in [-0.39, 0.29) is 24.5 Å². The molecule has 0 radical (unpaired) electrons.